The predicted octanol–water partition coefficient (Wildman–Crippen LogP) is 1.15. The highest BCUT2D eigenvalue weighted by atomic mass is 16.5. The quantitative estimate of drug-likeness (QED) is 0.459. The van der Waals surface area contributed by atoms with E-state index in [1.165, 1.54) is 12.2 Å². The summed E-state index contributed by atoms with van der Waals surface area (Å²) < 4.78 is 5.17. The van der Waals surface area contributed by atoms with Gasteiger partial charge in [-0.1, -0.05) is 13.8 Å². The molecule has 0 N–H and O–H groups in total. The molecule has 13 heavy (non-hydrogen) atoms. The van der Waals surface area contributed by atoms with Crippen LogP contribution in [-0.2, 0) is 14.3 Å². The Hall–Kier alpha value is -1.28. The molecule has 2 atom stereocenters. The van der Waals surface area contributed by atoms with E-state index in [-0.39, 0.29) is 0 Å². The molecule has 0 aliphatic heterocycles. The molecule has 0 aliphatic carbocycles. The Bertz CT molecular complexity index is 206. The fourth-order valence-electron chi connectivity index (χ4n) is 0.735. The number of aliphatic imine (C=N–C) groups is 2. The maximum absolute atomic E-state index is 9.92. The van der Waals surface area contributed by atoms with Gasteiger partial charge in [-0.15, -0.1) is 0 Å². The van der Waals surface area contributed by atoms with Crippen LogP contribution in [0.25, 0.3) is 0 Å². The van der Waals surface area contributed by atoms with Crippen molar-refractivity contribution in [3.8, 4) is 0 Å². The Labute approximate surface area is 76.5 Å². The number of nitrogens with zero attached hydrogens (tertiary/aromatic N) is 2. The van der Waals surface area contributed by atoms with E-state index in [4.69, 9.17) is 4.74 Å². The fraction of sp³-hybridized carbons (Fsp3) is 0.750. The Balaban J connectivity index is 4.17. The first-order valence-corrected chi connectivity index (χ1v) is 4.07. The van der Waals surface area contributed by atoms with Gasteiger partial charge in [0.25, 0.3) is 0 Å². The van der Waals surface area contributed by atoms with Crippen molar-refractivity contribution in [3.05, 3.63) is 0 Å². The summed E-state index contributed by atoms with van der Waals surface area (Å²) in [5.74, 6) is 0. The highest BCUT2D eigenvalue weighted by Crippen LogP contribution is 2.07. The maximum atomic E-state index is 9.92. The van der Waals surface area contributed by atoms with Gasteiger partial charge in [-0.25, -0.2) is 9.59 Å². The minimum absolute atomic E-state index is 0.542. The Morgan fingerprint density at radius 1 is 1.08 bits per heavy atom. The second kappa shape index (κ2) is 7.37. The highest BCUT2D eigenvalue weighted by molar-refractivity contribution is 5.33. The molecule has 0 aromatic heterocycles. The van der Waals surface area contributed by atoms with Gasteiger partial charge in [0.05, 0.1) is 0 Å². The molecule has 0 spiro atoms. The van der Waals surface area contributed by atoms with Gasteiger partial charge in [0.2, 0.25) is 12.2 Å². The molecule has 0 bridgehead atoms. The summed E-state index contributed by atoms with van der Waals surface area (Å²) in [6.07, 6.45) is 2.74. The molecule has 0 amide bonds. The first-order valence-electron chi connectivity index (χ1n) is 4.07. The average Bonchev–Trinajstić information content (AvgIpc) is 2.16. The van der Waals surface area contributed by atoms with Crippen molar-refractivity contribution < 1.29 is 14.3 Å². The summed E-state index contributed by atoms with van der Waals surface area (Å²) in [6, 6.07) is 0. The zero-order chi connectivity index (χ0) is 10.1. The standard InChI is InChI=1S/C8H12N2O3/c1-3-7(9-5-11)13-8(4-2)10-6-12/h7-8H,3-4H2,1-2H3. The molecule has 2 unspecified atom stereocenters. The van der Waals surface area contributed by atoms with Crippen LogP contribution in [-0.4, -0.2) is 24.6 Å². The minimum atomic E-state index is -0.570. The summed E-state index contributed by atoms with van der Waals surface area (Å²) >= 11 is 0. The normalized spacial score (nSPS) is 13.7. The van der Waals surface area contributed by atoms with Crippen LogP contribution in [0.5, 0.6) is 0 Å². The maximum Gasteiger partial charge on any atom is 0.237 e. The van der Waals surface area contributed by atoms with Crippen molar-refractivity contribution in [2.75, 3.05) is 0 Å². The molecule has 0 aliphatic rings. The van der Waals surface area contributed by atoms with Crippen molar-refractivity contribution in [1.29, 1.82) is 0 Å². The van der Waals surface area contributed by atoms with Gasteiger partial charge in [-0.3, -0.25) is 0 Å². The molecule has 0 aromatic rings. The average molecular weight is 184 g/mol. The zero-order valence-electron chi connectivity index (χ0n) is 7.69. The van der Waals surface area contributed by atoms with Crippen molar-refractivity contribution in [2.45, 2.75) is 39.1 Å². The molecule has 0 rings (SSSR count). The lowest BCUT2D eigenvalue weighted by Gasteiger charge is -2.13. The van der Waals surface area contributed by atoms with Gasteiger partial charge in [0, 0.05) is 0 Å². The van der Waals surface area contributed by atoms with Crippen molar-refractivity contribution in [2.24, 2.45) is 9.98 Å². The summed E-state index contributed by atoms with van der Waals surface area (Å²) in [5.41, 5.74) is 0. The van der Waals surface area contributed by atoms with Crippen LogP contribution >= 0.6 is 0 Å². The largest absolute Gasteiger partial charge is 0.330 e. The topological polar surface area (TPSA) is 68.1 Å². The van der Waals surface area contributed by atoms with Crippen LogP contribution in [0.15, 0.2) is 9.98 Å². The van der Waals surface area contributed by atoms with E-state index in [1.54, 1.807) is 0 Å². The van der Waals surface area contributed by atoms with Gasteiger partial charge in [0.1, 0.15) is 0 Å². The van der Waals surface area contributed by atoms with Crippen LogP contribution in [0.3, 0.4) is 0 Å². The number of rotatable bonds is 6. The third kappa shape index (κ3) is 5.04. The Morgan fingerprint density at radius 3 is 1.69 bits per heavy atom. The van der Waals surface area contributed by atoms with E-state index < -0.39 is 12.5 Å². The SMILES string of the molecule is CCC(N=C=O)OC(CC)N=C=O. The number of ether oxygens (including phenoxy) is 1. The smallest absolute Gasteiger partial charge is 0.237 e. The minimum Gasteiger partial charge on any atom is -0.330 e. The molecule has 0 radical (unpaired) electrons. The molecule has 0 heterocycles. The predicted molar refractivity (Wildman–Crippen MR) is 45.5 cm³/mol. The van der Waals surface area contributed by atoms with E-state index in [2.05, 4.69) is 9.98 Å². The lowest BCUT2D eigenvalue weighted by molar-refractivity contribution is -0.00540. The molecule has 0 fully saturated rings. The van der Waals surface area contributed by atoms with Gasteiger partial charge >= 0.3 is 0 Å². The second-order valence-electron chi connectivity index (χ2n) is 2.30. The van der Waals surface area contributed by atoms with Crippen LogP contribution in [0.2, 0.25) is 0 Å². The molecule has 0 saturated heterocycles. The van der Waals surface area contributed by atoms with E-state index in [9.17, 15) is 9.59 Å². The summed E-state index contributed by atoms with van der Waals surface area (Å²) in [7, 11) is 0. The van der Waals surface area contributed by atoms with Crippen LogP contribution < -0.4 is 0 Å². The van der Waals surface area contributed by atoms with E-state index in [0.29, 0.717) is 12.8 Å². The monoisotopic (exact) mass is 184 g/mol. The van der Waals surface area contributed by atoms with Gasteiger partial charge in [0.15, 0.2) is 12.5 Å². The van der Waals surface area contributed by atoms with E-state index >= 15 is 0 Å². The fourth-order valence-corrected chi connectivity index (χ4v) is 0.735. The second-order valence-corrected chi connectivity index (χ2v) is 2.30. The van der Waals surface area contributed by atoms with Crippen molar-refractivity contribution >= 4 is 12.2 Å². The van der Waals surface area contributed by atoms with Crippen molar-refractivity contribution in [1.82, 2.24) is 0 Å². The molecule has 72 valence electrons. The van der Waals surface area contributed by atoms with Crippen LogP contribution in [0.1, 0.15) is 26.7 Å². The third-order valence-corrected chi connectivity index (χ3v) is 1.41. The Morgan fingerprint density at radius 2 is 1.46 bits per heavy atom. The Kier molecular flexibility index (Phi) is 6.65. The van der Waals surface area contributed by atoms with Crippen LogP contribution in [0.4, 0.5) is 0 Å². The first-order chi connectivity index (χ1) is 6.28. The molecular weight excluding hydrogens is 172 g/mol. The van der Waals surface area contributed by atoms with Gasteiger partial charge < -0.3 is 4.74 Å². The summed E-state index contributed by atoms with van der Waals surface area (Å²) in [6.45, 7) is 3.62. The lowest BCUT2D eigenvalue weighted by atomic mass is 10.4. The molecule has 5 nitrogen and oxygen atoms in total. The summed E-state index contributed by atoms with van der Waals surface area (Å²) in [5, 5.41) is 0. The zero-order valence-corrected chi connectivity index (χ0v) is 7.69. The molecule has 0 aromatic carbocycles. The van der Waals surface area contributed by atoms with Crippen molar-refractivity contribution in [3.63, 3.8) is 0 Å². The van der Waals surface area contributed by atoms with Gasteiger partial charge in [-0.05, 0) is 12.8 Å². The van der Waals surface area contributed by atoms with E-state index in [0.717, 1.165) is 0 Å². The van der Waals surface area contributed by atoms with E-state index in [1.807, 2.05) is 13.8 Å². The molecular formula is C8H12N2O3. The van der Waals surface area contributed by atoms with Gasteiger partial charge in [-0.2, -0.15) is 9.98 Å². The molecule has 5 heteroatoms. The number of hydrogen-bond donors (Lipinski definition) is 0. The highest BCUT2D eigenvalue weighted by Gasteiger charge is 2.11. The lowest BCUT2D eigenvalue weighted by Crippen LogP contribution is -2.17. The molecule has 0 saturated carbocycles. The van der Waals surface area contributed by atoms with Crippen LogP contribution in [0, 0.1) is 0 Å². The number of hydrogen-bond acceptors (Lipinski definition) is 5. The first kappa shape index (κ1) is 11.7. The third-order valence-electron chi connectivity index (χ3n) is 1.41. The summed E-state index contributed by atoms with van der Waals surface area (Å²) in [4.78, 5) is 26.6. The number of carbonyl (C=O) groups excluding carboxylic acids is 2. The number of isocyanates is 2.